The predicted octanol–water partition coefficient (Wildman–Crippen LogP) is 4.40. The van der Waals surface area contributed by atoms with E-state index in [1.807, 2.05) is 30.3 Å². The second-order valence-corrected chi connectivity index (χ2v) is 8.57. The summed E-state index contributed by atoms with van der Waals surface area (Å²) in [6.07, 6.45) is 5.70. The van der Waals surface area contributed by atoms with Crippen molar-refractivity contribution in [3.05, 3.63) is 39.8 Å². The quantitative estimate of drug-likeness (QED) is 0.577. The Morgan fingerprint density at radius 3 is 2.68 bits per heavy atom. The Morgan fingerprint density at radius 1 is 1.25 bits per heavy atom. The van der Waals surface area contributed by atoms with Gasteiger partial charge < -0.3 is 10.1 Å². The third kappa shape index (κ3) is 6.42. The van der Waals surface area contributed by atoms with Gasteiger partial charge in [0.25, 0.3) is 0 Å². The number of benzene rings is 1. The van der Waals surface area contributed by atoms with Crippen LogP contribution in [-0.2, 0) is 16.1 Å². The lowest BCUT2D eigenvalue weighted by Gasteiger charge is -2.26. The molecule has 1 heterocycles. The van der Waals surface area contributed by atoms with Crippen LogP contribution in [0.15, 0.2) is 30.3 Å². The molecule has 0 aliphatic heterocycles. The van der Waals surface area contributed by atoms with Crippen LogP contribution in [0.2, 0.25) is 0 Å². The first kappa shape index (κ1) is 20.5. The summed E-state index contributed by atoms with van der Waals surface area (Å²) < 4.78 is 5.77. The zero-order chi connectivity index (χ0) is 19.8. The highest BCUT2D eigenvalue weighted by molar-refractivity contribution is 7.73. The number of carbonyl (C=O) groups is 2. The van der Waals surface area contributed by atoms with Gasteiger partial charge in [0.05, 0.1) is 0 Å². The normalized spacial score (nSPS) is 15.6. The van der Waals surface area contributed by atoms with Crippen molar-refractivity contribution in [2.45, 2.75) is 51.2 Å². The van der Waals surface area contributed by atoms with Gasteiger partial charge >= 0.3 is 6.09 Å². The summed E-state index contributed by atoms with van der Waals surface area (Å²) in [6.45, 7) is 0.158. The minimum atomic E-state index is -0.677. The molecule has 1 saturated carbocycles. The number of aromatic nitrogens is 2. The zero-order valence-corrected chi connectivity index (χ0v) is 17.1. The lowest BCUT2D eigenvalue weighted by molar-refractivity contribution is -0.118. The van der Waals surface area contributed by atoms with E-state index >= 15 is 0 Å². The van der Waals surface area contributed by atoms with E-state index in [-0.39, 0.29) is 12.5 Å². The van der Waals surface area contributed by atoms with Gasteiger partial charge in [0.2, 0.25) is 11.0 Å². The Kier molecular flexibility index (Phi) is 7.55. The summed E-state index contributed by atoms with van der Waals surface area (Å²) >= 11 is 6.17. The first-order valence-corrected chi connectivity index (χ1v) is 10.7. The Balaban J connectivity index is 1.59. The van der Waals surface area contributed by atoms with Crippen LogP contribution in [0.25, 0.3) is 0 Å². The summed E-state index contributed by atoms with van der Waals surface area (Å²) in [5.74, 6) is 0.108. The van der Waals surface area contributed by atoms with Gasteiger partial charge in [0.15, 0.2) is 3.95 Å². The van der Waals surface area contributed by atoms with Crippen LogP contribution in [0.5, 0.6) is 0 Å². The van der Waals surface area contributed by atoms with Crippen molar-refractivity contribution >= 4 is 40.7 Å². The van der Waals surface area contributed by atoms with E-state index in [1.165, 1.54) is 17.8 Å². The van der Waals surface area contributed by atoms with Crippen molar-refractivity contribution in [2.75, 3.05) is 5.32 Å². The molecule has 0 bridgehead atoms. The maximum absolute atomic E-state index is 12.7. The molecular formula is C19H24N4O3S2. The van der Waals surface area contributed by atoms with Crippen LogP contribution in [-0.4, -0.2) is 28.2 Å². The largest absolute Gasteiger partial charge is 0.445 e. The molecule has 1 unspecified atom stereocenters. The molecule has 1 atom stereocenters. The molecule has 1 fully saturated rings. The standard InChI is InChI=1S/C19H24N4O3S2/c24-16(21-17-22-23-19(27)28-17)15(11-13-7-3-1-4-8-13)20-18(25)26-12-14-9-5-2-6-10-14/h2,5-6,9-10,13,15H,1,3-4,7-8,11-12H2,(H,20,25)(H,23,27)(H,21,22,24). The Morgan fingerprint density at radius 2 is 2.00 bits per heavy atom. The number of aromatic amines is 1. The second-order valence-electron chi connectivity index (χ2n) is 6.91. The van der Waals surface area contributed by atoms with Gasteiger partial charge in [-0.3, -0.25) is 15.2 Å². The molecule has 28 heavy (non-hydrogen) atoms. The minimum absolute atomic E-state index is 0.158. The topological polar surface area (TPSA) is 96.1 Å². The summed E-state index contributed by atoms with van der Waals surface area (Å²) in [6, 6.07) is 8.75. The maximum Gasteiger partial charge on any atom is 0.408 e. The van der Waals surface area contributed by atoms with Gasteiger partial charge in [0, 0.05) is 0 Å². The van der Waals surface area contributed by atoms with Gasteiger partial charge in [-0.2, -0.15) is 0 Å². The van der Waals surface area contributed by atoms with Gasteiger partial charge in [-0.05, 0) is 30.1 Å². The van der Waals surface area contributed by atoms with E-state index in [2.05, 4.69) is 20.8 Å². The molecule has 1 aliphatic rings. The molecule has 0 spiro atoms. The molecule has 7 nitrogen and oxygen atoms in total. The van der Waals surface area contributed by atoms with E-state index in [1.54, 1.807) is 0 Å². The SMILES string of the molecule is O=C(NC(CC1CCCCC1)C(=O)Nc1n[nH]c(=S)s1)OCc1ccccc1. The number of nitrogens with one attached hydrogen (secondary N) is 3. The number of hydrogen-bond donors (Lipinski definition) is 3. The first-order valence-electron chi connectivity index (χ1n) is 9.44. The van der Waals surface area contributed by atoms with Crippen molar-refractivity contribution in [1.29, 1.82) is 0 Å². The predicted molar refractivity (Wildman–Crippen MR) is 111 cm³/mol. The fraction of sp³-hybridized carbons (Fsp3) is 0.474. The number of anilines is 1. The molecular weight excluding hydrogens is 396 g/mol. The van der Waals surface area contributed by atoms with Gasteiger partial charge in [0.1, 0.15) is 12.6 Å². The van der Waals surface area contributed by atoms with Crippen LogP contribution < -0.4 is 10.6 Å². The van der Waals surface area contributed by atoms with Crippen LogP contribution in [0.1, 0.15) is 44.1 Å². The Hall–Kier alpha value is -2.26. The number of alkyl carbamates (subject to hydrolysis) is 1. The number of hydrogen-bond acceptors (Lipinski definition) is 6. The van der Waals surface area contributed by atoms with Crippen molar-refractivity contribution in [3.63, 3.8) is 0 Å². The molecule has 9 heteroatoms. The molecule has 1 aliphatic carbocycles. The third-order valence-electron chi connectivity index (χ3n) is 4.78. The molecule has 150 valence electrons. The first-order chi connectivity index (χ1) is 13.6. The van der Waals surface area contributed by atoms with Crippen molar-refractivity contribution in [2.24, 2.45) is 5.92 Å². The molecule has 1 aromatic carbocycles. The number of rotatable bonds is 7. The molecule has 2 amide bonds. The maximum atomic E-state index is 12.7. The highest BCUT2D eigenvalue weighted by Gasteiger charge is 2.27. The fourth-order valence-electron chi connectivity index (χ4n) is 3.37. The Bertz CT molecular complexity index is 831. The number of nitrogens with zero attached hydrogens (tertiary/aromatic N) is 1. The summed E-state index contributed by atoms with van der Waals surface area (Å²) in [4.78, 5) is 25.0. The summed E-state index contributed by atoms with van der Waals surface area (Å²) in [5.41, 5.74) is 0.891. The molecule has 0 radical (unpaired) electrons. The number of amides is 2. The fourth-order valence-corrected chi connectivity index (χ4v) is 4.16. The number of carbonyl (C=O) groups excluding carboxylic acids is 2. The average molecular weight is 421 g/mol. The lowest BCUT2D eigenvalue weighted by Crippen LogP contribution is -2.45. The van der Waals surface area contributed by atoms with Crippen molar-refractivity contribution < 1.29 is 14.3 Å². The average Bonchev–Trinajstić information content (AvgIpc) is 3.12. The number of ether oxygens (including phenoxy) is 1. The van der Waals surface area contributed by atoms with Crippen LogP contribution in [0.3, 0.4) is 0 Å². The summed E-state index contributed by atoms with van der Waals surface area (Å²) in [7, 11) is 0. The molecule has 3 N–H and O–H groups in total. The highest BCUT2D eigenvalue weighted by atomic mass is 32.1. The van der Waals surface area contributed by atoms with Crippen LogP contribution in [0.4, 0.5) is 9.93 Å². The van der Waals surface area contributed by atoms with E-state index in [0.29, 0.717) is 21.4 Å². The smallest absolute Gasteiger partial charge is 0.408 e. The highest BCUT2D eigenvalue weighted by Crippen LogP contribution is 2.27. The lowest BCUT2D eigenvalue weighted by atomic mass is 9.84. The van der Waals surface area contributed by atoms with Gasteiger partial charge in [-0.15, -0.1) is 5.10 Å². The van der Waals surface area contributed by atoms with Gasteiger partial charge in [-0.1, -0.05) is 73.8 Å². The molecule has 3 rings (SSSR count). The summed E-state index contributed by atoms with van der Waals surface area (Å²) in [5, 5.41) is 12.4. The molecule has 0 saturated heterocycles. The van der Waals surface area contributed by atoms with E-state index in [4.69, 9.17) is 17.0 Å². The minimum Gasteiger partial charge on any atom is -0.445 e. The van der Waals surface area contributed by atoms with E-state index in [9.17, 15) is 9.59 Å². The van der Waals surface area contributed by atoms with E-state index < -0.39 is 12.1 Å². The Labute approximate surface area is 172 Å². The molecule has 1 aromatic heterocycles. The van der Waals surface area contributed by atoms with Crippen LogP contribution in [0, 0.1) is 9.87 Å². The van der Waals surface area contributed by atoms with Crippen molar-refractivity contribution in [1.82, 2.24) is 15.5 Å². The number of H-pyrrole nitrogens is 1. The zero-order valence-electron chi connectivity index (χ0n) is 15.5. The van der Waals surface area contributed by atoms with Crippen molar-refractivity contribution in [3.8, 4) is 0 Å². The monoisotopic (exact) mass is 420 g/mol. The second kappa shape index (κ2) is 10.3. The van der Waals surface area contributed by atoms with E-state index in [0.717, 1.165) is 31.2 Å². The molecule has 2 aromatic rings. The van der Waals surface area contributed by atoms with Gasteiger partial charge in [-0.25, -0.2) is 4.79 Å². The van der Waals surface area contributed by atoms with Crippen LogP contribution >= 0.6 is 23.6 Å². The third-order valence-corrected chi connectivity index (χ3v) is 5.79.